The average molecular weight is 394 g/mol. The van der Waals surface area contributed by atoms with Crippen molar-refractivity contribution < 1.29 is 33.6 Å². The van der Waals surface area contributed by atoms with Crippen LogP contribution in [-0.2, 0) is 29.6 Å². The molecule has 0 fully saturated rings. The van der Waals surface area contributed by atoms with E-state index in [-0.39, 0.29) is 5.56 Å². The molecule has 0 aliphatic carbocycles. The van der Waals surface area contributed by atoms with Gasteiger partial charge in [-0.05, 0) is 29.2 Å². The number of hydrogen-bond acceptors (Lipinski definition) is 5. The second-order valence-corrected chi connectivity index (χ2v) is 8.46. The van der Waals surface area contributed by atoms with Gasteiger partial charge in [0.05, 0.1) is 0 Å². The van der Waals surface area contributed by atoms with Crippen molar-refractivity contribution in [1.82, 2.24) is 0 Å². The van der Waals surface area contributed by atoms with Gasteiger partial charge in [-0.2, -0.15) is 30.0 Å². The number of aryl methyl sites for hydroxylation is 1. The van der Waals surface area contributed by atoms with Gasteiger partial charge in [0.15, 0.2) is 0 Å². The topological polar surface area (TPSA) is 77.5 Å². The van der Waals surface area contributed by atoms with E-state index >= 15 is 0 Å². The summed E-state index contributed by atoms with van der Waals surface area (Å²) < 4.78 is 85.9. The van der Waals surface area contributed by atoms with E-state index in [0.29, 0.717) is 11.1 Å². The summed E-state index contributed by atoms with van der Waals surface area (Å²) in [6.45, 7) is 1.78. The zero-order valence-corrected chi connectivity index (χ0v) is 14.5. The first kappa shape index (κ1) is 19.4. The molecule has 2 rings (SSSR count). The Kier molecular flexibility index (Phi) is 5.26. The number of benzene rings is 2. The zero-order valence-electron chi connectivity index (χ0n) is 12.8. The Bertz CT molecular complexity index is 980. The van der Waals surface area contributed by atoms with Gasteiger partial charge in [-0.15, -0.1) is 3.63 Å². The number of rotatable bonds is 5. The summed E-state index contributed by atoms with van der Waals surface area (Å²) in [6, 6.07) is 13.1. The normalized spacial score (nSPS) is 13.0. The van der Waals surface area contributed by atoms with E-state index in [4.69, 9.17) is 0 Å². The molecule has 0 unspecified atom stereocenters. The molecule has 0 aromatic heterocycles. The smallest absolute Gasteiger partial charge is 0.198 e. The van der Waals surface area contributed by atoms with Crippen molar-refractivity contribution in [1.29, 1.82) is 0 Å². The molecule has 0 aliphatic heterocycles. The van der Waals surface area contributed by atoms with Gasteiger partial charge in [-0.25, -0.2) is 0 Å². The maximum absolute atomic E-state index is 12.3. The Morgan fingerprint density at radius 1 is 0.880 bits per heavy atom. The van der Waals surface area contributed by atoms with E-state index in [2.05, 4.69) is 3.63 Å². The fraction of sp³-hybridized carbons (Fsp3) is 0.200. The molecular formula is C15H13F3O5S2. The maximum Gasteiger partial charge on any atom is 0.524 e. The van der Waals surface area contributed by atoms with Crippen LogP contribution in [0.2, 0.25) is 0 Å². The largest absolute Gasteiger partial charge is 0.524 e. The Balaban J connectivity index is 2.41. The Hall–Kier alpha value is -1.91. The van der Waals surface area contributed by atoms with Gasteiger partial charge in [0, 0.05) is 0 Å². The molecule has 0 heterocycles. The van der Waals surface area contributed by atoms with Crippen LogP contribution < -0.4 is 0 Å². The van der Waals surface area contributed by atoms with Crippen LogP contribution in [0.15, 0.2) is 48.5 Å². The van der Waals surface area contributed by atoms with Crippen molar-refractivity contribution in [2.24, 2.45) is 0 Å². The van der Waals surface area contributed by atoms with Crippen LogP contribution in [0.1, 0.15) is 11.1 Å². The summed E-state index contributed by atoms with van der Waals surface area (Å²) in [5.41, 5.74) is -3.76. The SMILES string of the molecule is Cc1ccccc1-c1ccccc1CS(=O)(=O)OS(=O)(=O)C(F)(F)F. The lowest BCUT2D eigenvalue weighted by Gasteiger charge is -2.13. The molecule has 25 heavy (non-hydrogen) atoms. The quantitative estimate of drug-likeness (QED) is 0.727. The Labute approximate surface area is 143 Å². The lowest BCUT2D eigenvalue weighted by atomic mass is 9.97. The van der Waals surface area contributed by atoms with Crippen LogP contribution in [-0.4, -0.2) is 22.3 Å². The summed E-state index contributed by atoms with van der Waals surface area (Å²) in [4.78, 5) is 0. The minimum Gasteiger partial charge on any atom is -0.198 e. The first-order valence-electron chi connectivity index (χ1n) is 6.82. The monoisotopic (exact) mass is 394 g/mol. The minimum absolute atomic E-state index is 0.120. The minimum atomic E-state index is -6.25. The average Bonchev–Trinajstić information content (AvgIpc) is 2.46. The van der Waals surface area contributed by atoms with Crippen LogP contribution in [0.3, 0.4) is 0 Å². The van der Waals surface area contributed by atoms with Crippen molar-refractivity contribution in [3.8, 4) is 11.1 Å². The zero-order chi connectivity index (χ0) is 18.9. The molecule has 0 saturated carbocycles. The van der Waals surface area contributed by atoms with E-state index in [1.54, 1.807) is 43.3 Å². The van der Waals surface area contributed by atoms with Crippen LogP contribution in [0.4, 0.5) is 13.2 Å². The van der Waals surface area contributed by atoms with Crippen molar-refractivity contribution in [3.63, 3.8) is 0 Å². The van der Waals surface area contributed by atoms with Crippen molar-refractivity contribution >= 4 is 20.2 Å². The van der Waals surface area contributed by atoms with Gasteiger partial charge in [0.25, 0.3) is 10.1 Å². The van der Waals surface area contributed by atoms with Crippen molar-refractivity contribution in [2.45, 2.75) is 18.2 Å². The molecule has 136 valence electrons. The molecule has 0 saturated heterocycles. The van der Waals surface area contributed by atoms with E-state index < -0.39 is 31.5 Å². The molecule has 0 spiro atoms. The number of alkyl halides is 3. The van der Waals surface area contributed by atoms with Crippen LogP contribution >= 0.6 is 0 Å². The van der Waals surface area contributed by atoms with Gasteiger partial charge in [-0.3, -0.25) is 0 Å². The van der Waals surface area contributed by atoms with Gasteiger partial charge < -0.3 is 0 Å². The van der Waals surface area contributed by atoms with Crippen LogP contribution in [0, 0.1) is 6.92 Å². The summed E-state index contributed by atoms with van der Waals surface area (Å²) in [6.07, 6.45) is 0. The Morgan fingerprint density at radius 3 is 1.96 bits per heavy atom. The third kappa shape index (κ3) is 4.59. The van der Waals surface area contributed by atoms with E-state index in [0.717, 1.165) is 5.56 Å². The second kappa shape index (κ2) is 6.77. The highest BCUT2D eigenvalue weighted by Gasteiger charge is 2.50. The molecular weight excluding hydrogens is 381 g/mol. The molecule has 0 radical (unpaired) electrons. The number of halogens is 3. The van der Waals surface area contributed by atoms with Gasteiger partial charge in [-0.1, -0.05) is 48.5 Å². The Morgan fingerprint density at radius 2 is 1.40 bits per heavy atom. The molecule has 2 aromatic rings. The number of hydrogen-bond donors (Lipinski definition) is 0. The van der Waals surface area contributed by atoms with Gasteiger partial charge >= 0.3 is 15.6 Å². The molecule has 5 nitrogen and oxygen atoms in total. The molecule has 2 aromatic carbocycles. The second-order valence-electron chi connectivity index (χ2n) is 5.14. The van der Waals surface area contributed by atoms with Gasteiger partial charge in [0.2, 0.25) is 0 Å². The molecule has 0 amide bonds. The summed E-state index contributed by atoms with van der Waals surface area (Å²) in [5.74, 6) is -1.02. The van der Waals surface area contributed by atoms with Gasteiger partial charge in [0.1, 0.15) is 5.75 Å². The summed E-state index contributed by atoms with van der Waals surface area (Å²) in [5, 5.41) is 0. The first-order valence-corrected chi connectivity index (χ1v) is 9.80. The predicted molar refractivity (Wildman–Crippen MR) is 85.3 cm³/mol. The van der Waals surface area contributed by atoms with E-state index in [1.807, 2.05) is 0 Å². The van der Waals surface area contributed by atoms with Crippen molar-refractivity contribution in [3.05, 3.63) is 59.7 Å². The molecule has 0 bridgehead atoms. The molecule has 0 N–H and O–H groups in total. The van der Waals surface area contributed by atoms with E-state index in [1.165, 1.54) is 12.1 Å². The predicted octanol–water partition coefficient (Wildman–Crippen LogP) is 3.36. The fourth-order valence-corrected chi connectivity index (χ4v) is 4.40. The lowest BCUT2D eigenvalue weighted by Crippen LogP contribution is -2.28. The van der Waals surface area contributed by atoms with Crippen molar-refractivity contribution in [2.75, 3.05) is 0 Å². The highest BCUT2D eigenvalue weighted by Crippen LogP contribution is 2.30. The maximum atomic E-state index is 12.3. The molecule has 10 heteroatoms. The van der Waals surface area contributed by atoms with Crippen LogP contribution in [0.25, 0.3) is 11.1 Å². The molecule has 0 atom stereocenters. The highest BCUT2D eigenvalue weighted by atomic mass is 32.3. The molecule has 0 aliphatic rings. The van der Waals surface area contributed by atoms with E-state index in [9.17, 15) is 30.0 Å². The third-order valence-electron chi connectivity index (χ3n) is 3.26. The highest BCUT2D eigenvalue weighted by molar-refractivity contribution is 7.99. The fourth-order valence-electron chi connectivity index (χ4n) is 2.17. The first-order chi connectivity index (χ1) is 11.4. The summed E-state index contributed by atoms with van der Waals surface area (Å²) >= 11 is 0. The standard InChI is InChI=1S/C15H13F3O5S2/c1-11-6-2-4-8-13(11)14-9-5-3-7-12(14)10-24(19,20)23-25(21,22)15(16,17)18/h2-9H,10H2,1H3. The third-order valence-corrected chi connectivity index (χ3v) is 6.04. The van der Waals surface area contributed by atoms with Crippen LogP contribution in [0.5, 0.6) is 0 Å². The lowest BCUT2D eigenvalue weighted by molar-refractivity contribution is -0.0498. The summed E-state index contributed by atoms with van der Waals surface area (Å²) in [7, 11) is -11.3.